The van der Waals surface area contributed by atoms with Gasteiger partial charge in [0.05, 0.1) is 13.2 Å². The first-order valence-corrected chi connectivity index (χ1v) is 10.7. The van der Waals surface area contributed by atoms with Crippen molar-refractivity contribution < 1.29 is 23.5 Å². The number of amides is 1. The van der Waals surface area contributed by atoms with Crippen LogP contribution in [0.2, 0.25) is 0 Å². The Kier molecular flexibility index (Phi) is 7.52. The van der Waals surface area contributed by atoms with E-state index in [2.05, 4.69) is 0 Å². The molecule has 2 aromatic rings. The van der Waals surface area contributed by atoms with Gasteiger partial charge in [0.2, 0.25) is 5.91 Å². The van der Waals surface area contributed by atoms with E-state index in [1.807, 2.05) is 11.0 Å². The van der Waals surface area contributed by atoms with E-state index in [9.17, 15) is 18.8 Å². The molecule has 1 aromatic carbocycles. The van der Waals surface area contributed by atoms with E-state index < -0.39 is 0 Å². The second-order valence-corrected chi connectivity index (χ2v) is 8.35. The number of carbonyl (C=O) groups excluding carboxylic acids is 3. The van der Waals surface area contributed by atoms with E-state index in [0.29, 0.717) is 24.3 Å². The van der Waals surface area contributed by atoms with Crippen molar-refractivity contribution in [2.24, 2.45) is 0 Å². The molecule has 5 nitrogen and oxygen atoms in total. The number of likely N-dealkylation sites (tertiary alicyclic amines) is 1. The Labute approximate surface area is 179 Å². The molecule has 3 rings (SSSR count). The van der Waals surface area contributed by atoms with Gasteiger partial charge in [-0.25, -0.2) is 9.18 Å². The third-order valence-electron chi connectivity index (χ3n) is 5.04. The quantitative estimate of drug-likeness (QED) is 0.447. The van der Waals surface area contributed by atoms with Crippen LogP contribution < -0.4 is 0 Å². The van der Waals surface area contributed by atoms with E-state index in [-0.39, 0.29) is 35.9 Å². The zero-order valence-corrected chi connectivity index (χ0v) is 17.6. The van der Waals surface area contributed by atoms with E-state index in [0.717, 1.165) is 23.3 Å². The summed E-state index contributed by atoms with van der Waals surface area (Å²) in [6.45, 7) is 0.603. The molecule has 0 aliphatic carbocycles. The smallest absolute Gasteiger partial charge is 0.348 e. The van der Waals surface area contributed by atoms with Crippen LogP contribution in [0.4, 0.5) is 4.39 Å². The standard InChI is InChI=1S/C23H24FNO4S/c1-29-23(28)21-12-11-20(30-21)3-2-14-25-18(9-13-22(25)27)8-10-19(26)15-16-4-6-17(24)7-5-16/h4-8,10-12,18H,2-3,9,13-15H2,1H3/t18-/m0/s1. The van der Waals surface area contributed by atoms with Gasteiger partial charge in [-0.3, -0.25) is 9.59 Å². The zero-order valence-electron chi connectivity index (χ0n) is 16.8. The number of ketones is 1. The summed E-state index contributed by atoms with van der Waals surface area (Å²) in [5.74, 6) is -0.644. The third kappa shape index (κ3) is 5.86. The molecule has 0 unspecified atom stereocenters. The lowest BCUT2D eigenvalue weighted by atomic mass is 10.1. The van der Waals surface area contributed by atoms with Gasteiger partial charge >= 0.3 is 5.97 Å². The molecule has 0 N–H and O–H groups in total. The van der Waals surface area contributed by atoms with Crippen molar-refractivity contribution in [2.45, 2.75) is 38.1 Å². The van der Waals surface area contributed by atoms with Crippen molar-refractivity contribution in [1.82, 2.24) is 4.90 Å². The van der Waals surface area contributed by atoms with Crippen LogP contribution in [0.5, 0.6) is 0 Å². The summed E-state index contributed by atoms with van der Waals surface area (Å²) in [6.07, 6.45) is 6.26. The van der Waals surface area contributed by atoms with E-state index in [4.69, 9.17) is 4.74 Å². The highest BCUT2D eigenvalue weighted by Crippen LogP contribution is 2.23. The molecule has 1 atom stereocenters. The number of allylic oxidation sites excluding steroid dienone is 1. The molecule has 1 aromatic heterocycles. The number of thiophene rings is 1. The Morgan fingerprint density at radius 2 is 2.00 bits per heavy atom. The van der Waals surface area contributed by atoms with Crippen molar-refractivity contribution in [3.05, 3.63) is 69.7 Å². The SMILES string of the molecule is COC(=O)c1ccc(CCCN2C(=O)CC[C@@H]2C=CC(=O)Cc2ccc(F)cc2)s1. The van der Waals surface area contributed by atoms with E-state index in [1.165, 1.54) is 36.7 Å². The summed E-state index contributed by atoms with van der Waals surface area (Å²) in [6, 6.07) is 9.46. The number of hydrogen-bond acceptors (Lipinski definition) is 5. The van der Waals surface area contributed by atoms with Crippen molar-refractivity contribution in [3.63, 3.8) is 0 Å². The van der Waals surface area contributed by atoms with E-state index >= 15 is 0 Å². The number of esters is 1. The highest BCUT2D eigenvalue weighted by Gasteiger charge is 2.28. The number of methoxy groups -OCH3 is 1. The molecular weight excluding hydrogens is 405 g/mol. The van der Waals surface area contributed by atoms with Crippen LogP contribution in [0, 0.1) is 5.82 Å². The lowest BCUT2D eigenvalue weighted by Gasteiger charge is -2.22. The number of hydrogen-bond donors (Lipinski definition) is 0. The average molecular weight is 430 g/mol. The van der Waals surface area contributed by atoms with Gasteiger partial charge in [0, 0.05) is 24.3 Å². The molecule has 0 saturated carbocycles. The number of rotatable bonds is 9. The molecule has 1 aliphatic rings. The molecule has 0 radical (unpaired) electrons. The molecule has 1 fully saturated rings. The monoisotopic (exact) mass is 429 g/mol. The highest BCUT2D eigenvalue weighted by atomic mass is 32.1. The maximum Gasteiger partial charge on any atom is 0.348 e. The molecule has 30 heavy (non-hydrogen) atoms. The van der Waals surface area contributed by atoms with Crippen LogP contribution in [-0.2, 0) is 27.2 Å². The molecule has 1 aliphatic heterocycles. The predicted molar refractivity (Wildman–Crippen MR) is 113 cm³/mol. The Bertz CT molecular complexity index is 935. The van der Waals surface area contributed by atoms with Gasteiger partial charge in [0.25, 0.3) is 0 Å². The molecule has 1 amide bonds. The first kappa shape index (κ1) is 21.9. The third-order valence-corrected chi connectivity index (χ3v) is 6.17. The average Bonchev–Trinajstić information content (AvgIpc) is 3.35. The largest absolute Gasteiger partial charge is 0.465 e. The van der Waals surface area contributed by atoms with Crippen LogP contribution in [0.3, 0.4) is 0 Å². The first-order valence-electron chi connectivity index (χ1n) is 9.88. The summed E-state index contributed by atoms with van der Waals surface area (Å²) in [7, 11) is 1.36. The lowest BCUT2D eigenvalue weighted by Crippen LogP contribution is -2.33. The number of benzene rings is 1. The molecule has 0 spiro atoms. The van der Waals surface area contributed by atoms with Crippen molar-refractivity contribution in [1.29, 1.82) is 0 Å². The fraction of sp³-hybridized carbons (Fsp3) is 0.348. The van der Waals surface area contributed by atoms with Crippen molar-refractivity contribution in [2.75, 3.05) is 13.7 Å². The Morgan fingerprint density at radius 1 is 1.23 bits per heavy atom. The van der Waals surface area contributed by atoms with Gasteiger partial charge in [-0.15, -0.1) is 11.3 Å². The van der Waals surface area contributed by atoms with Crippen molar-refractivity contribution >= 4 is 29.0 Å². The predicted octanol–water partition coefficient (Wildman–Crippen LogP) is 3.97. The Balaban J connectivity index is 1.50. The summed E-state index contributed by atoms with van der Waals surface area (Å²) < 4.78 is 17.7. The van der Waals surface area contributed by atoms with Crippen LogP contribution >= 0.6 is 11.3 Å². The topological polar surface area (TPSA) is 63.7 Å². The normalized spacial score (nSPS) is 16.4. The number of halogens is 1. The number of nitrogens with zero attached hydrogens (tertiary/aromatic N) is 1. The van der Waals surface area contributed by atoms with Gasteiger partial charge in [-0.1, -0.05) is 18.2 Å². The second kappa shape index (κ2) is 10.3. The summed E-state index contributed by atoms with van der Waals surface area (Å²) in [4.78, 5) is 39.4. The van der Waals surface area contributed by atoms with Gasteiger partial charge < -0.3 is 9.64 Å². The zero-order chi connectivity index (χ0) is 21.5. The lowest BCUT2D eigenvalue weighted by molar-refractivity contribution is -0.128. The van der Waals surface area contributed by atoms with Crippen LogP contribution in [0.15, 0.2) is 48.6 Å². The van der Waals surface area contributed by atoms with Gasteiger partial charge in [-0.2, -0.15) is 0 Å². The molecule has 1 saturated heterocycles. The minimum atomic E-state index is -0.337. The minimum Gasteiger partial charge on any atom is -0.465 e. The Hall–Kier alpha value is -2.80. The fourth-order valence-electron chi connectivity index (χ4n) is 3.47. The number of ether oxygens (including phenoxy) is 1. The highest BCUT2D eigenvalue weighted by molar-refractivity contribution is 7.13. The fourth-order valence-corrected chi connectivity index (χ4v) is 4.44. The molecule has 0 bridgehead atoms. The summed E-state index contributed by atoms with van der Waals surface area (Å²) in [5.41, 5.74) is 0.757. The maximum atomic E-state index is 13.0. The van der Waals surface area contributed by atoms with Crippen molar-refractivity contribution in [3.8, 4) is 0 Å². The number of carbonyl (C=O) groups is 3. The van der Waals surface area contributed by atoms with Crippen LogP contribution in [-0.4, -0.2) is 42.3 Å². The Morgan fingerprint density at radius 3 is 2.73 bits per heavy atom. The second-order valence-electron chi connectivity index (χ2n) is 7.18. The first-order chi connectivity index (χ1) is 14.5. The number of aryl methyl sites for hydroxylation is 1. The molecular formula is C23H24FNO4S. The molecule has 2 heterocycles. The van der Waals surface area contributed by atoms with Gasteiger partial charge in [-0.05, 0) is 55.2 Å². The summed E-state index contributed by atoms with van der Waals surface area (Å²) in [5, 5.41) is 0. The summed E-state index contributed by atoms with van der Waals surface area (Å²) >= 11 is 1.41. The van der Waals surface area contributed by atoms with E-state index in [1.54, 1.807) is 24.3 Å². The minimum absolute atomic E-state index is 0.0742. The maximum absolute atomic E-state index is 13.0. The van der Waals surface area contributed by atoms with Crippen LogP contribution in [0.1, 0.15) is 39.4 Å². The van der Waals surface area contributed by atoms with Gasteiger partial charge in [0.1, 0.15) is 10.7 Å². The molecule has 7 heteroatoms. The van der Waals surface area contributed by atoms with Gasteiger partial charge in [0.15, 0.2) is 5.78 Å². The molecule has 158 valence electrons. The van der Waals surface area contributed by atoms with Crippen LogP contribution in [0.25, 0.3) is 0 Å².